The SMILES string of the molecule is Cc1[nH]nc2c1C(c1cccc(OCC(=O)NCc3ccccc3)c1)C(C#N)=C(N)O2. The predicted molar refractivity (Wildman–Crippen MR) is 113 cm³/mol. The Hall–Kier alpha value is -4.25. The van der Waals surface area contributed by atoms with Gasteiger partial charge in [-0.05, 0) is 30.2 Å². The van der Waals surface area contributed by atoms with Crippen LogP contribution in [0.3, 0.4) is 0 Å². The van der Waals surface area contributed by atoms with Gasteiger partial charge in [-0.25, -0.2) is 0 Å². The van der Waals surface area contributed by atoms with Crippen molar-refractivity contribution in [2.45, 2.75) is 19.4 Å². The van der Waals surface area contributed by atoms with Gasteiger partial charge in [0.05, 0.1) is 5.92 Å². The lowest BCUT2D eigenvalue weighted by Crippen LogP contribution is -2.28. The molecule has 1 amide bonds. The molecule has 8 heteroatoms. The molecule has 0 spiro atoms. The molecule has 4 rings (SSSR count). The summed E-state index contributed by atoms with van der Waals surface area (Å²) in [5.74, 6) is 0.222. The number of amides is 1. The number of aromatic nitrogens is 2. The topological polar surface area (TPSA) is 126 Å². The molecule has 1 aliphatic heterocycles. The van der Waals surface area contributed by atoms with Crippen LogP contribution in [0.2, 0.25) is 0 Å². The summed E-state index contributed by atoms with van der Waals surface area (Å²) >= 11 is 0. The standard InChI is InChI=1S/C23H21N5O3/c1-14-20-21(18(11-24)22(25)31-23(20)28-27-14)16-8-5-9-17(10-16)30-13-19(29)26-12-15-6-3-2-4-7-15/h2-10,21H,12-13,25H2,1H3,(H,26,29)(H,27,28). The van der Waals surface area contributed by atoms with E-state index in [1.165, 1.54) is 0 Å². The number of rotatable bonds is 6. The fraction of sp³-hybridized carbons (Fsp3) is 0.174. The molecular formula is C23H21N5O3. The van der Waals surface area contributed by atoms with Crippen LogP contribution in [-0.2, 0) is 11.3 Å². The van der Waals surface area contributed by atoms with E-state index < -0.39 is 5.92 Å². The number of aryl methyl sites for hydroxylation is 1. The average Bonchev–Trinajstić information content (AvgIpc) is 3.16. The summed E-state index contributed by atoms with van der Waals surface area (Å²) in [6, 6.07) is 19.0. The third-order valence-electron chi connectivity index (χ3n) is 5.02. The molecule has 2 aromatic carbocycles. The number of benzene rings is 2. The molecule has 8 nitrogen and oxygen atoms in total. The van der Waals surface area contributed by atoms with Gasteiger partial charge in [0.2, 0.25) is 11.8 Å². The summed E-state index contributed by atoms with van der Waals surface area (Å²) in [4.78, 5) is 12.2. The highest BCUT2D eigenvalue weighted by Gasteiger charge is 2.34. The number of hydrogen-bond acceptors (Lipinski definition) is 6. The Labute approximate surface area is 179 Å². The molecule has 1 atom stereocenters. The summed E-state index contributed by atoms with van der Waals surface area (Å²) in [7, 11) is 0. The van der Waals surface area contributed by atoms with E-state index in [1.807, 2.05) is 49.4 Å². The van der Waals surface area contributed by atoms with Crippen molar-refractivity contribution in [2.24, 2.45) is 5.73 Å². The van der Waals surface area contributed by atoms with Crippen molar-refractivity contribution in [3.8, 4) is 17.7 Å². The maximum atomic E-state index is 12.2. The smallest absolute Gasteiger partial charge is 0.258 e. The lowest BCUT2D eigenvalue weighted by atomic mass is 9.84. The van der Waals surface area contributed by atoms with Crippen LogP contribution in [0.15, 0.2) is 66.1 Å². The van der Waals surface area contributed by atoms with Crippen LogP contribution in [0, 0.1) is 18.3 Å². The summed E-state index contributed by atoms with van der Waals surface area (Å²) in [5.41, 5.74) is 9.59. The van der Waals surface area contributed by atoms with Crippen LogP contribution in [0.25, 0.3) is 0 Å². The van der Waals surface area contributed by atoms with Gasteiger partial charge in [-0.1, -0.05) is 42.5 Å². The Bertz CT molecular complexity index is 1180. The van der Waals surface area contributed by atoms with E-state index in [0.29, 0.717) is 23.7 Å². The molecule has 0 radical (unpaired) electrons. The van der Waals surface area contributed by atoms with Gasteiger partial charge >= 0.3 is 0 Å². The van der Waals surface area contributed by atoms with Gasteiger partial charge in [-0.15, -0.1) is 5.10 Å². The van der Waals surface area contributed by atoms with E-state index >= 15 is 0 Å². The molecule has 1 aliphatic rings. The van der Waals surface area contributed by atoms with Crippen LogP contribution < -0.4 is 20.5 Å². The summed E-state index contributed by atoms with van der Waals surface area (Å²) in [6.07, 6.45) is 0. The molecule has 1 unspecified atom stereocenters. The second-order valence-corrected chi connectivity index (χ2v) is 7.12. The lowest BCUT2D eigenvalue weighted by molar-refractivity contribution is -0.123. The van der Waals surface area contributed by atoms with Gasteiger partial charge in [-0.3, -0.25) is 9.89 Å². The second kappa shape index (κ2) is 8.63. The van der Waals surface area contributed by atoms with Crippen LogP contribution in [-0.4, -0.2) is 22.7 Å². The zero-order chi connectivity index (χ0) is 21.8. The number of nitrogens with one attached hydrogen (secondary N) is 2. The summed E-state index contributed by atoms with van der Waals surface area (Å²) in [5, 5.41) is 19.5. The zero-order valence-electron chi connectivity index (χ0n) is 16.9. The molecule has 0 saturated carbocycles. The van der Waals surface area contributed by atoms with Crippen molar-refractivity contribution in [3.05, 3.63) is 88.4 Å². The quantitative estimate of drug-likeness (QED) is 0.568. The number of aromatic amines is 1. The number of nitriles is 1. The third-order valence-corrected chi connectivity index (χ3v) is 5.02. The van der Waals surface area contributed by atoms with Crippen molar-refractivity contribution in [2.75, 3.05) is 6.61 Å². The molecule has 4 N–H and O–H groups in total. The van der Waals surface area contributed by atoms with Crippen molar-refractivity contribution >= 4 is 5.91 Å². The molecule has 0 fully saturated rings. The number of allylic oxidation sites excluding steroid dienone is 1. The van der Waals surface area contributed by atoms with Crippen molar-refractivity contribution < 1.29 is 14.3 Å². The van der Waals surface area contributed by atoms with E-state index in [2.05, 4.69) is 21.6 Å². The Morgan fingerprint density at radius 2 is 2.10 bits per heavy atom. The largest absolute Gasteiger partial charge is 0.484 e. The summed E-state index contributed by atoms with van der Waals surface area (Å²) < 4.78 is 11.2. The number of fused-ring (bicyclic) bond motifs is 1. The summed E-state index contributed by atoms with van der Waals surface area (Å²) in [6.45, 7) is 2.17. The van der Waals surface area contributed by atoms with Crippen LogP contribution >= 0.6 is 0 Å². The van der Waals surface area contributed by atoms with E-state index in [4.69, 9.17) is 15.2 Å². The van der Waals surface area contributed by atoms with Crippen molar-refractivity contribution in [3.63, 3.8) is 0 Å². The first kappa shape index (κ1) is 20.0. The zero-order valence-corrected chi connectivity index (χ0v) is 16.9. The highest BCUT2D eigenvalue weighted by molar-refractivity contribution is 5.77. The maximum Gasteiger partial charge on any atom is 0.258 e. The number of hydrogen-bond donors (Lipinski definition) is 3. The van der Waals surface area contributed by atoms with Crippen LogP contribution in [0.4, 0.5) is 0 Å². The average molecular weight is 415 g/mol. The van der Waals surface area contributed by atoms with Gasteiger partial charge in [0.15, 0.2) is 6.61 Å². The second-order valence-electron chi connectivity index (χ2n) is 7.12. The first-order valence-corrected chi connectivity index (χ1v) is 9.72. The van der Waals surface area contributed by atoms with Gasteiger partial charge in [0.25, 0.3) is 5.91 Å². The molecule has 31 heavy (non-hydrogen) atoms. The first-order chi connectivity index (χ1) is 15.1. The number of nitrogens with two attached hydrogens (primary N) is 1. The fourth-order valence-corrected chi connectivity index (χ4v) is 3.51. The molecule has 1 aromatic heterocycles. The Balaban J connectivity index is 1.49. The molecular weight excluding hydrogens is 394 g/mol. The Morgan fingerprint density at radius 3 is 2.87 bits per heavy atom. The van der Waals surface area contributed by atoms with Gasteiger partial charge in [0.1, 0.15) is 17.4 Å². The Kier molecular flexibility index (Phi) is 5.58. The van der Waals surface area contributed by atoms with E-state index in [9.17, 15) is 10.1 Å². The van der Waals surface area contributed by atoms with Gasteiger partial charge in [0, 0.05) is 17.8 Å². The Morgan fingerprint density at radius 1 is 1.29 bits per heavy atom. The van der Waals surface area contributed by atoms with Crippen molar-refractivity contribution in [1.82, 2.24) is 15.5 Å². The lowest BCUT2D eigenvalue weighted by Gasteiger charge is -2.24. The number of H-pyrrole nitrogens is 1. The van der Waals surface area contributed by atoms with E-state index in [1.54, 1.807) is 12.1 Å². The van der Waals surface area contributed by atoms with Crippen LogP contribution in [0.5, 0.6) is 11.6 Å². The number of ether oxygens (including phenoxy) is 2. The molecule has 0 bridgehead atoms. The minimum Gasteiger partial charge on any atom is -0.484 e. The molecule has 0 aliphatic carbocycles. The third kappa shape index (κ3) is 4.21. The molecule has 0 saturated heterocycles. The predicted octanol–water partition coefficient (Wildman–Crippen LogP) is 2.63. The molecule has 156 valence electrons. The van der Waals surface area contributed by atoms with E-state index in [-0.39, 0.29) is 18.4 Å². The van der Waals surface area contributed by atoms with Crippen molar-refractivity contribution in [1.29, 1.82) is 5.26 Å². The minimum atomic E-state index is -0.442. The first-order valence-electron chi connectivity index (χ1n) is 9.72. The highest BCUT2D eigenvalue weighted by atomic mass is 16.5. The fourth-order valence-electron chi connectivity index (χ4n) is 3.51. The van der Waals surface area contributed by atoms with Crippen LogP contribution in [0.1, 0.15) is 28.3 Å². The molecule has 2 heterocycles. The monoisotopic (exact) mass is 415 g/mol. The number of nitrogens with zero attached hydrogens (tertiary/aromatic N) is 2. The van der Waals surface area contributed by atoms with Gasteiger partial charge in [-0.2, -0.15) is 5.26 Å². The normalized spacial score (nSPS) is 14.9. The number of carbonyl (C=O) groups is 1. The molecule has 3 aromatic rings. The highest BCUT2D eigenvalue weighted by Crippen LogP contribution is 2.43. The minimum absolute atomic E-state index is 0.0260. The van der Waals surface area contributed by atoms with Gasteiger partial charge < -0.3 is 20.5 Å². The maximum absolute atomic E-state index is 12.2. The number of carbonyl (C=O) groups excluding carboxylic acids is 1. The van der Waals surface area contributed by atoms with E-state index in [0.717, 1.165) is 22.4 Å².